The molecule has 0 bridgehead atoms. The molecule has 1 heterocycles. The second-order valence-corrected chi connectivity index (χ2v) is 5.92. The van der Waals surface area contributed by atoms with Crippen LogP contribution in [0.2, 0.25) is 0 Å². The number of amides is 1. The minimum atomic E-state index is -1.60. The molecule has 0 saturated heterocycles. The Morgan fingerprint density at radius 1 is 1.04 bits per heavy atom. The number of carbonyl (C=O) groups is 1. The van der Waals surface area contributed by atoms with Gasteiger partial charge in [0.2, 0.25) is 5.95 Å². The highest BCUT2D eigenvalue weighted by atomic mass is 19.2. The summed E-state index contributed by atoms with van der Waals surface area (Å²) in [6, 6.07) is 12.7. The molecule has 1 N–H and O–H groups in total. The molecular formula is C20H17F3N4O. The zero-order chi connectivity index (χ0) is 20.1. The Morgan fingerprint density at radius 2 is 1.79 bits per heavy atom. The highest BCUT2D eigenvalue weighted by molar-refractivity contribution is 5.92. The minimum absolute atomic E-state index is 0.0956. The summed E-state index contributed by atoms with van der Waals surface area (Å²) in [6.07, 6.45) is 1.33. The summed E-state index contributed by atoms with van der Waals surface area (Å²) in [7, 11) is 0. The van der Waals surface area contributed by atoms with E-state index >= 15 is 0 Å². The summed E-state index contributed by atoms with van der Waals surface area (Å²) in [5.41, 5.74) is 0.729. The van der Waals surface area contributed by atoms with E-state index in [1.54, 1.807) is 4.90 Å². The van der Waals surface area contributed by atoms with Crippen LogP contribution in [0.1, 0.15) is 23.0 Å². The van der Waals surface area contributed by atoms with Crippen molar-refractivity contribution in [1.82, 2.24) is 14.9 Å². The smallest absolute Gasteiger partial charge is 0.272 e. The van der Waals surface area contributed by atoms with Crippen LogP contribution in [0, 0.1) is 17.5 Å². The fourth-order valence-corrected chi connectivity index (χ4v) is 2.57. The topological polar surface area (TPSA) is 58.1 Å². The van der Waals surface area contributed by atoms with E-state index in [0.717, 1.165) is 17.7 Å². The van der Waals surface area contributed by atoms with Crippen molar-refractivity contribution < 1.29 is 18.0 Å². The highest BCUT2D eigenvalue weighted by Gasteiger charge is 2.18. The number of nitrogens with zero attached hydrogens (tertiary/aromatic N) is 3. The molecule has 5 nitrogen and oxygen atoms in total. The average molecular weight is 386 g/mol. The van der Waals surface area contributed by atoms with Gasteiger partial charge in [0.25, 0.3) is 5.91 Å². The summed E-state index contributed by atoms with van der Waals surface area (Å²) < 4.78 is 40.2. The number of nitrogens with one attached hydrogen (secondary N) is 1. The van der Waals surface area contributed by atoms with Crippen molar-refractivity contribution in [2.75, 3.05) is 11.9 Å². The average Bonchev–Trinajstić information content (AvgIpc) is 2.73. The Kier molecular flexibility index (Phi) is 5.88. The van der Waals surface area contributed by atoms with Gasteiger partial charge in [-0.3, -0.25) is 4.79 Å². The molecule has 0 atom stereocenters. The summed E-state index contributed by atoms with van der Waals surface area (Å²) in [6.45, 7) is 2.71. The standard InChI is InChI=1S/C20H17F3N4O/c1-2-27(12-13-6-4-3-5-7-13)19(28)16-10-11-24-20(26-16)25-15-9-8-14(21)17(22)18(15)23/h3-11H,2,12H2,1H3,(H,24,25,26). The second-order valence-electron chi connectivity index (χ2n) is 5.92. The Labute approximate surface area is 159 Å². The van der Waals surface area contributed by atoms with Gasteiger partial charge in [0.05, 0.1) is 5.69 Å². The van der Waals surface area contributed by atoms with Crippen LogP contribution in [0.5, 0.6) is 0 Å². The molecule has 0 radical (unpaired) electrons. The molecule has 3 aromatic rings. The molecule has 1 aromatic heterocycles. The summed E-state index contributed by atoms with van der Waals surface area (Å²) in [4.78, 5) is 22.4. The molecule has 0 saturated carbocycles. The summed E-state index contributed by atoms with van der Waals surface area (Å²) >= 11 is 0. The number of aromatic nitrogens is 2. The molecule has 3 rings (SSSR count). The van der Waals surface area contributed by atoms with E-state index in [2.05, 4.69) is 15.3 Å². The van der Waals surface area contributed by atoms with E-state index in [0.29, 0.717) is 13.1 Å². The van der Waals surface area contributed by atoms with Crippen molar-refractivity contribution in [3.05, 3.63) is 83.4 Å². The molecule has 0 unspecified atom stereocenters. The first-order valence-corrected chi connectivity index (χ1v) is 8.56. The number of anilines is 2. The van der Waals surface area contributed by atoms with Crippen LogP contribution in [0.3, 0.4) is 0 Å². The number of halogens is 3. The van der Waals surface area contributed by atoms with Gasteiger partial charge in [0.1, 0.15) is 5.69 Å². The second kappa shape index (κ2) is 8.51. The molecule has 28 heavy (non-hydrogen) atoms. The molecule has 8 heteroatoms. The van der Waals surface area contributed by atoms with Crippen LogP contribution in [-0.2, 0) is 6.54 Å². The number of carbonyl (C=O) groups excluding carboxylic acids is 1. The predicted molar refractivity (Wildman–Crippen MR) is 98.5 cm³/mol. The fraction of sp³-hybridized carbons (Fsp3) is 0.150. The fourth-order valence-electron chi connectivity index (χ4n) is 2.57. The van der Waals surface area contributed by atoms with Gasteiger partial charge >= 0.3 is 0 Å². The third-order valence-corrected chi connectivity index (χ3v) is 4.04. The minimum Gasteiger partial charge on any atom is -0.333 e. The van der Waals surface area contributed by atoms with E-state index in [1.165, 1.54) is 12.3 Å². The highest BCUT2D eigenvalue weighted by Crippen LogP contribution is 2.22. The molecule has 0 aliphatic carbocycles. The van der Waals surface area contributed by atoms with E-state index in [-0.39, 0.29) is 23.2 Å². The van der Waals surface area contributed by atoms with Crippen molar-refractivity contribution in [1.29, 1.82) is 0 Å². The molecular weight excluding hydrogens is 369 g/mol. The molecule has 2 aromatic carbocycles. The van der Waals surface area contributed by atoms with Crippen molar-refractivity contribution in [3.63, 3.8) is 0 Å². The van der Waals surface area contributed by atoms with E-state index in [4.69, 9.17) is 0 Å². The quantitative estimate of drug-likeness (QED) is 0.642. The lowest BCUT2D eigenvalue weighted by molar-refractivity contribution is 0.0746. The molecule has 0 aliphatic heterocycles. The molecule has 0 fully saturated rings. The monoisotopic (exact) mass is 386 g/mol. The van der Waals surface area contributed by atoms with Crippen molar-refractivity contribution in [2.45, 2.75) is 13.5 Å². The largest absolute Gasteiger partial charge is 0.333 e. The van der Waals surface area contributed by atoms with E-state index < -0.39 is 17.5 Å². The first-order chi connectivity index (χ1) is 13.5. The zero-order valence-corrected chi connectivity index (χ0v) is 15.0. The molecule has 144 valence electrons. The lowest BCUT2D eigenvalue weighted by Crippen LogP contribution is -2.31. The maximum Gasteiger partial charge on any atom is 0.272 e. The Balaban J connectivity index is 1.80. The van der Waals surface area contributed by atoms with Crippen LogP contribution in [0.4, 0.5) is 24.8 Å². The summed E-state index contributed by atoms with van der Waals surface area (Å²) in [5.74, 6) is -4.72. The SMILES string of the molecule is CCN(Cc1ccccc1)C(=O)c1ccnc(Nc2ccc(F)c(F)c2F)n1. The van der Waals surface area contributed by atoms with Gasteiger partial charge in [0, 0.05) is 19.3 Å². The van der Waals surface area contributed by atoms with Crippen LogP contribution in [-0.4, -0.2) is 27.3 Å². The normalized spacial score (nSPS) is 10.6. The Morgan fingerprint density at radius 3 is 2.50 bits per heavy atom. The first-order valence-electron chi connectivity index (χ1n) is 8.56. The Hall–Kier alpha value is -3.42. The van der Waals surface area contributed by atoms with Gasteiger partial charge in [-0.05, 0) is 30.7 Å². The van der Waals surface area contributed by atoms with Gasteiger partial charge in [-0.1, -0.05) is 30.3 Å². The summed E-state index contributed by atoms with van der Waals surface area (Å²) in [5, 5.41) is 2.47. The lowest BCUT2D eigenvalue weighted by atomic mass is 10.2. The molecule has 0 spiro atoms. The van der Waals surface area contributed by atoms with Crippen molar-refractivity contribution in [3.8, 4) is 0 Å². The third-order valence-electron chi connectivity index (χ3n) is 4.04. The number of rotatable bonds is 6. The maximum atomic E-state index is 13.8. The number of benzene rings is 2. The first kappa shape index (κ1) is 19.3. The van der Waals surface area contributed by atoms with Gasteiger partial charge in [0.15, 0.2) is 17.5 Å². The number of hydrogen-bond acceptors (Lipinski definition) is 4. The van der Waals surface area contributed by atoms with Gasteiger partial charge < -0.3 is 10.2 Å². The van der Waals surface area contributed by atoms with Crippen LogP contribution < -0.4 is 5.32 Å². The van der Waals surface area contributed by atoms with Gasteiger partial charge in [-0.15, -0.1) is 0 Å². The zero-order valence-electron chi connectivity index (χ0n) is 15.0. The van der Waals surface area contributed by atoms with Gasteiger partial charge in [-0.25, -0.2) is 23.1 Å². The van der Waals surface area contributed by atoms with Gasteiger partial charge in [-0.2, -0.15) is 0 Å². The van der Waals surface area contributed by atoms with Crippen LogP contribution >= 0.6 is 0 Å². The van der Waals surface area contributed by atoms with Crippen LogP contribution in [0.15, 0.2) is 54.7 Å². The van der Waals surface area contributed by atoms with E-state index in [1.807, 2.05) is 37.3 Å². The van der Waals surface area contributed by atoms with E-state index in [9.17, 15) is 18.0 Å². The maximum absolute atomic E-state index is 13.8. The van der Waals surface area contributed by atoms with Crippen molar-refractivity contribution in [2.24, 2.45) is 0 Å². The predicted octanol–water partition coefficient (Wildman–Crippen LogP) is 4.30. The Bertz CT molecular complexity index is 982. The van der Waals surface area contributed by atoms with Crippen molar-refractivity contribution >= 4 is 17.5 Å². The number of hydrogen-bond donors (Lipinski definition) is 1. The molecule has 1 amide bonds. The lowest BCUT2D eigenvalue weighted by Gasteiger charge is -2.20. The third kappa shape index (κ3) is 4.28. The molecule has 0 aliphatic rings. The van der Waals surface area contributed by atoms with Crippen LogP contribution in [0.25, 0.3) is 0 Å².